The Kier molecular flexibility index (Phi) is 4.95. The zero-order valence-electron chi connectivity index (χ0n) is 9.53. The minimum atomic E-state index is -0.171. The van der Waals surface area contributed by atoms with Crippen LogP contribution in [0.2, 0.25) is 0 Å². The number of rotatable bonds is 5. The summed E-state index contributed by atoms with van der Waals surface area (Å²) in [6.07, 6.45) is 1.41. The molecule has 90 valence electrons. The van der Waals surface area contributed by atoms with E-state index in [0.717, 1.165) is 6.54 Å². The fraction of sp³-hybridized carbons (Fsp3) is 0.600. The van der Waals surface area contributed by atoms with Crippen LogP contribution in [-0.2, 0) is 0 Å². The van der Waals surface area contributed by atoms with Crippen molar-refractivity contribution in [1.82, 2.24) is 9.97 Å². The highest BCUT2D eigenvalue weighted by atomic mass is 79.9. The van der Waals surface area contributed by atoms with Crippen molar-refractivity contribution in [2.75, 3.05) is 24.5 Å². The van der Waals surface area contributed by atoms with Gasteiger partial charge in [-0.25, -0.2) is 4.98 Å². The highest BCUT2D eigenvalue weighted by molar-refractivity contribution is 9.10. The number of halogens is 1. The predicted octanol–water partition coefficient (Wildman–Crippen LogP) is 0.953. The molecule has 1 heterocycles. The summed E-state index contributed by atoms with van der Waals surface area (Å²) in [5, 5.41) is 0. The maximum Gasteiger partial charge on any atom is 0.267 e. The number of anilines is 1. The second-order valence-corrected chi connectivity index (χ2v) is 4.79. The fourth-order valence-electron chi connectivity index (χ4n) is 1.47. The van der Waals surface area contributed by atoms with Gasteiger partial charge < -0.3 is 15.6 Å². The van der Waals surface area contributed by atoms with Crippen LogP contribution >= 0.6 is 15.9 Å². The van der Waals surface area contributed by atoms with Gasteiger partial charge in [-0.15, -0.1) is 0 Å². The van der Waals surface area contributed by atoms with Gasteiger partial charge in [0.1, 0.15) is 10.3 Å². The molecule has 0 radical (unpaired) electrons. The first-order valence-electron chi connectivity index (χ1n) is 5.24. The number of hydrogen-bond donors (Lipinski definition) is 2. The highest BCUT2D eigenvalue weighted by Crippen LogP contribution is 2.19. The Morgan fingerprint density at radius 3 is 2.88 bits per heavy atom. The summed E-state index contributed by atoms with van der Waals surface area (Å²) in [6.45, 7) is 6.28. The third-order valence-corrected chi connectivity index (χ3v) is 2.78. The Labute approximate surface area is 103 Å². The molecular weight excluding hydrogens is 272 g/mol. The SMILES string of the molecule is CC(C)CN(CCN)c1nc[nH]c(=O)c1Br. The number of aromatic amines is 1. The number of H-pyrrole nitrogens is 1. The maximum atomic E-state index is 11.4. The van der Waals surface area contributed by atoms with E-state index in [4.69, 9.17) is 5.73 Å². The standard InChI is InChI=1S/C10H17BrN4O/c1-7(2)5-15(4-3-12)9-8(11)10(16)14-6-13-9/h6-7H,3-5,12H2,1-2H3,(H,13,14,16). The normalized spacial score (nSPS) is 10.8. The van der Waals surface area contributed by atoms with Crippen LogP contribution in [0, 0.1) is 5.92 Å². The molecule has 0 saturated heterocycles. The van der Waals surface area contributed by atoms with E-state index in [2.05, 4.69) is 39.7 Å². The van der Waals surface area contributed by atoms with Crippen molar-refractivity contribution in [3.8, 4) is 0 Å². The number of nitrogens with zero attached hydrogens (tertiary/aromatic N) is 2. The molecular formula is C10H17BrN4O. The molecule has 0 bridgehead atoms. The van der Waals surface area contributed by atoms with Gasteiger partial charge in [-0.1, -0.05) is 13.8 Å². The molecule has 6 heteroatoms. The molecule has 0 aromatic carbocycles. The third kappa shape index (κ3) is 3.31. The second-order valence-electron chi connectivity index (χ2n) is 4.00. The number of nitrogens with one attached hydrogen (secondary N) is 1. The average molecular weight is 289 g/mol. The molecule has 16 heavy (non-hydrogen) atoms. The minimum absolute atomic E-state index is 0.171. The van der Waals surface area contributed by atoms with E-state index < -0.39 is 0 Å². The van der Waals surface area contributed by atoms with Crippen LogP contribution in [0.3, 0.4) is 0 Å². The molecule has 0 aliphatic rings. The zero-order chi connectivity index (χ0) is 12.1. The quantitative estimate of drug-likeness (QED) is 0.846. The van der Waals surface area contributed by atoms with Crippen molar-refractivity contribution >= 4 is 21.7 Å². The van der Waals surface area contributed by atoms with E-state index in [1.54, 1.807) is 0 Å². The van der Waals surface area contributed by atoms with Crippen molar-refractivity contribution in [1.29, 1.82) is 0 Å². The lowest BCUT2D eigenvalue weighted by Crippen LogP contribution is -2.34. The van der Waals surface area contributed by atoms with Crippen LogP contribution in [-0.4, -0.2) is 29.6 Å². The zero-order valence-corrected chi connectivity index (χ0v) is 11.1. The Morgan fingerprint density at radius 1 is 1.62 bits per heavy atom. The number of aromatic nitrogens is 2. The summed E-state index contributed by atoms with van der Waals surface area (Å²) in [7, 11) is 0. The molecule has 0 spiro atoms. The number of nitrogens with two attached hydrogens (primary N) is 1. The Hall–Kier alpha value is -0.880. The van der Waals surface area contributed by atoms with E-state index in [1.165, 1.54) is 6.33 Å². The molecule has 0 aliphatic heterocycles. The lowest BCUT2D eigenvalue weighted by molar-refractivity contribution is 0.605. The lowest BCUT2D eigenvalue weighted by atomic mass is 10.2. The first kappa shape index (κ1) is 13.2. The second kappa shape index (κ2) is 6.00. The maximum absolute atomic E-state index is 11.4. The molecule has 0 amide bonds. The van der Waals surface area contributed by atoms with Gasteiger partial charge >= 0.3 is 0 Å². The molecule has 0 unspecified atom stereocenters. The summed E-state index contributed by atoms with van der Waals surface area (Å²) in [6, 6.07) is 0. The van der Waals surface area contributed by atoms with Crippen molar-refractivity contribution in [3.63, 3.8) is 0 Å². The van der Waals surface area contributed by atoms with E-state index in [0.29, 0.717) is 29.3 Å². The van der Waals surface area contributed by atoms with Crippen molar-refractivity contribution in [2.45, 2.75) is 13.8 Å². The Bertz CT molecular complexity index is 391. The van der Waals surface area contributed by atoms with Gasteiger partial charge in [-0.05, 0) is 21.8 Å². The van der Waals surface area contributed by atoms with Gasteiger partial charge in [0.15, 0.2) is 0 Å². The minimum Gasteiger partial charge on any atom is -0.354 e. The first-order chi connectivity index (χ1) is 7.56. The van der Waals surface area contributed by atoms with Crippen LogP contribution in [0.4, 0.5) is 5.82 Å². The van der Waals surface area contributed by atoms with Crippen LogP contribution in [0.1, 0.15) is 13.8 Å². The van der Waals surface area contributed by atoms with Gasteiger partial charge in [-0.3, -0.25) is 4.79 Å². The summed E-state index contributed by atoms with van der Waals surface area (Å²) < 4.78 is 0.462. The molecule has 1 aromatic rings. The van der Waals surface area contributed by atoms with Gasteiger partial charge in [0.2, 0.25) is 0 Å². The largest absolute Gasteiger partial charge is 0.354 e. The van der Waals surface area contributed by atoms with Crippen LogP contribution in [0.5, 0.6) is 0 Å². The summed E-state index contributed by atoms with van der Waals surface area (Å²) in [5.74, 6) is 1.14. The Balaban J connectivity index is 3.00. The highest BCUT2D eigenvalue weighted by Gasteiger charge is 2.14. The topological polar surface area (TPSA) is 75.0 Å². The fourth-order valence-corrected chi connectivity index (χ4v) is 1.94. The van der Waals surface area contributed by atoms with Crippen molar-refractivity contribution < 1.29 is 0 Å². The van der Waals surface area contributed by atoms with E-state index in [9.17, 15) is 4.79 Å². The van der Waals surface area contributed by atoms with E-state index in [1.807, 2.05) is 4.90 Å². The molecule has 0 atom stereocenters. The third-order valence-electron chi connectivity index (χ3n) is 2.06. The molecule has 3 N–H and O–H groups in total. The molecule has 0 aliphatic carbocycles. The van der Waals surface area contributed by atoms with Crippen LogP contribution in [0.15, 0.2) is 15.6 Å². The lowest BCUT2D eigenvalue weighted by Gasteiger charge is -2.25. The monoisotopic (exact) mass is 288 g/mol. The van der Waals surface area contributed by atoms with Crippen molar-refractivity contribution in [2.24, 2.45) is 11.7 Å². The summed E-state index contributed by atoms with van der Waals surface area (Å²) in [5.41, 5.74) is 5.39. The van der Waals surface area contributed by atoms with E-state index in [-0.39, 0.29) is 5.56 Å². The Morgan fingerprint density at radius 2 is 2.31 bits per heavy atom. The average Bonchev–Trinajstić information content (AvgIpc) is 2.21. The van der Waals surface area contributed by atoms with Gasteiger partial charge in [0.25, 0.3) is 5.56 Å². The first-order valence-corrected chi connectivity index (χ1v) is 6.03. The molecule has 5 nitrogen and oxygen atoms in total. The van der Waals surface area contributed by atoms with Crippen LogP contribution in [0.25, 0.3) is 0 Å². The predicted molar refractivity (Wildman–Crippen MR) is 68.7 cm³/mol. The molecule has 0 saturated carbocycles. The molecule has 0 fully saturated rings. The van der Waals surface area contributed by atoms with E-state index >= 15 is 0 Å². The van der Waals surface area contributed by atoms with Gasteiger partial charge in [0, 0.05) is 19.6 Å². The van der Waals surface area contributed by atoms with Gasteiger partial charge in [-0.2, -0.15) is 0 Å². The number of hydrogen-bond acceptors (Lipinski definition) is 4. The summed E-state index contributed by atoms with van der Waals surface area (Å²) in [4.78, 5) is 20.1. The van der Waals surface area contributed by atoms with Crippen molar-refractivity contribution in [3.05, 3.63) is 21.2 Å². The van der Waals surface area contributed by atoms with Crippen LogP contribution < -0.4 is 16.2 Å². The molecule has 1 rings (SSSR count). The molecule has 1 aromatic heterocycles. The van der Waals surface area contributed by atoms with Gasteiger partial charge in [0.05, 0.1) is 6.33 Å². The smallest absolute Gasteiger partial charge is 0.267 e. The summed E-state index contributed by atoms with van der Waals surface area (Å²) >= 11 is 3.25.